The van der Waals surface area contributed by atoms with E-state index >= 15 is 0 Å². The van der Waals surface area contributed by atoms with Gasteiger partial charge in [0.2, 0.25) is 0 Å². The fraction of sp³-hybridized carbons (Fsp3) is 0.600. The van der Waals surface area contributed by atoms with Crippen LogP contribution in [0.25, 0.3) is 0 Å². The first-order valence-corrected chi connectivity index (χ1v) is 7.38. The highest BCUT2D eigenvalue weighted by Crippen LogP contribution is 2.51. The Morgan fingerprint density at radius 1 is 1.17 bits per heavy atom. The monoisotopic (exact) mass is 285 g/mol. The third-order valence-corrected chi connectivity index (χ3v) is 5.06. The second kappa shape index (κ2) is 5.40. The molecule has 1 aliphatic carbocycles. The van der Waals surface area contributed by atoms with E-state index in [1.54, 1.807) is 0 Å². The number of rotatable bonds is 5. The van der Waals surface area contributed by atoms with Gasteiger partial charge >= 0.3 is 0 Å². The molecule has 0 amide bonds. The molecule has 1 unspecified atom stereocenters. The largest absolute Gasteiger partial charge is 0.310 e. The maximum atomic E-state index is 6.05. The summed E-state index contributed by atoms with van der Waals surface area (Å²) in [7, 11) is 0. The lowest BCUT2D eigenvalue weighted by molar-refractivity contribution is 0.325. The van der Waals surface area contributed by atoms with Gasteiger partial charge in [-0.25, -0.2) is 0 Å². The second-order valence-electron chi connectivity index (χ2n) is 5.79. The summed E-state index contributed by atoms with van der Waals surface area (Å²) in [5.41, 5.74) is 1.73. The van der Waals surface area contributed by atoms with E-state index in [-0.39, 0.29) is 0 Å². The van der Waals surface area contributed by atoms with Gasteiger partial charge in [-0.2, -0.15) is 0 Å². The molecule has 1 aromatic rings. The van der Waals surface area contributed by atoms with Gasteiger partial charge in [0.25, 0.3) is 0 Å². The van der Waals surface area contributed by atoms with Crippen molar-refractivity contribution in [1.82, 2.24) is 5.32 Å². The number of halogens is 2. The van der Waals surface area contributed by atoms with Gasteiger partial charge in [-0.15, -0.1) is 0 Å². The van der Waals surface area contributed by atoms with Gasteiger partial charge < -0.3 is 5.32 Å². The molecule has 2 rings (SSSR count). The van der Waals surface area contributed by atoms with E-state index < -0.39 is 0 Å². The van der Waals surface area contributed by atoms with Crippen LogP contribution in [0.2, 0.25) is 10.0 Å². The molecule has 0 aliphatic heterocycles. The van der Waals surface area contributed by atoms with E-state index in [0.717, 1.165) is 12.5 Å². The van der Waals surface area contributed by atoms with Crippen LogP contribution in [0.3, 0.4) is 0 Å². The molecule has 18 heavy (non-hydrogen) atoms. The van der Waals surface area contributed by atoms with Crippen molar-refractivity contribution in [3.05, 3.63) is 33.8 Å². The molecule has 1 atom stereocenters. The SMILES string of the molecule is CC(NCC1(C(C)C)CC1)c1ccc(Cl)c(Cl)c1. The summed E-state index contributed by atoms with van der Waals surface area (Å²) in [5, 5.41) is 4.88. The summed E-state index contributed by atoms with van der Waals surface area (Å²) < 4.78 is 0. The molecule has 100 valence electrons. The summed E-state index contributed by atoms with van der Waals surface area (Å²) in [5.74, 6) is 0.756. The van der Waals surface area contributed by atoms with Gasteiger partial charge in [0, 0.05) is 12.6 Å². The molecule has 0 radical (unpaired) electrons. The Labute approximate surface area is 120 Å². The Morgan fingerprint density at radius 3 is 2.33 bits per heavy atom. The van der Waals surface area contributed by atoms with E-state index in [9.17, 15) is 0 Å². The van der Waals surface area contributed by atoms with Gasteiger partial charge in [0.05, 0.1) is 10.0 Å². The number of nitrogens with one attached hydrogen (secondary N) is 1. The van der Waals surface area contributed by atoms with E-state index in [0.29, 0.717) is 21.5 Å². The zero-order chi connectivity index (χ0) is 13.3. The minimum absolute atomic E-state index is 0.316. The molecule has 0 heterocycles. The van der Waals surface area contributed by atoms with E-state index in [1.807, 2.05) is 18.2 Å². The van der Waals surface area contributed by atoms with Crippen molar-refractivity contribution in [2.24, 2.45) is 11.3 Å². The molecule has 1 aromatic carbocycles. The van der Waals surface area contributed by atoms with Crippen molar-refractivity contribution in [1.29, 1.82) is 0 Å². The highest BCUT2D eigenvalue weighted by atomic mass is 35.5. The smallest absolute Gasteiger partial charge is 0.0595 e. The van der Waals surface area contributed by atoms with Gasteiger partial charge in [0.1, 0.15) is 0 Å². The molecule has 0 spiro atoms. The third-order valence-electron chi connectivity index (χ3n) is 4.32. The zero-order valence-electron chi connectivity index (χ0n) is 11.3. The topological polar surface area (TPSA) is 12.0 Å². The first-order valence-electron chi connectivity index (χ1n) is 6.63. The van der Waals surface area contributed by atoms with Crippen molar-refractivity contribution in [3.8, 4) is 0 Å². The van der Waals surface area contributed by atoms with Crippen molar-refractivity contribution in [2.45, 2.75) is 39.7 Å². The summed E-state index contributed by atoms with van der Waals surface area (Å²) in [6.45, 7) is 7.90. The molecule has 0 aromatic heterocycles. The minimum atomic E-state index is 0.316. The fourth-order valence-electron chi connectivity index (χ4n) is 2.37. The molecule has 0 bridgehead atoms. The number of hydrogen-bond acceptors (Lipinski definition) is 1. The summed E-state index contributed by atoms with van der Waals surface area (Å²) in [4.78, 5) is 0. The Morgan fingerprint density at radius 2 is 1.83 bits per heavy atom. The minimum Gasteiger partial charge on any atom is -0.310 e. The molecular weight excluding hydrogens is 265 g/mol. The van der Waals surface area contributed by atoms with Crippen molar-refractivity contribution < 1.29 is 0 Å². The maximum absolute atomic E-state index is 6.05. The van der Waals surface area contributed by atoms with Crippen LogP contribution < -0.4 is 5.32 Å². The van der Waals surface area contributed by atoms with E-state index in [2.05, 4.69) is 26.1 Å². The zero-order valence-corrected chi connectivity index (χ0v) is 12.8. The Balaban J connectivity index is 1.95. The second-order valence-corrected chi connectivity index (χ2v) is 6.61. The fourth-order valence-corrected chi connectivity index (χ4v) is 2.68. The molecule has 1 fully saturated rings. The number of benzene rings is 1. The predicted molar refractivity (Wildman–Crippen MR) is 79.4 cm³/mol. The summed E-state index contributed by atoms with van der Waals surface area (Å²) in [6.07, 6.45) is 2.71. The highest BCUT2D eigenvalue weighted by molar-refractivity contribution is 6.42. The maximum Gasteiger partial charge on any atom is 0.0595 e. The molecule has 3 heteroatoms. The van der Waals surface area contributed by atoms with E-state index in [4.69, 9.17) is 23.2 Å². The van der Waals surface area contributed by atoms with Crippen LogP contribution in [-0.2, 0) is 0 Å². The Hall–Kier alpha value is -0.240. The standard InChI is InChI=1S/C15H21Cl2N/c1-10(2)15(6-7-15)9-18-11(3)12-4-5-13(16)14(17)8-12/h4-5,8,10-11,18H,6-7,9H2,1-3H3. The van der Waals surface area contributed by atoms with E-state index in [1.165, 1.54) is 18.4 Å². The van der Waals surface area contributed by atoms with Gasteiger partial charge in [0.15, 0.2) is 0 Å². The first-order chi connectivity index (χ1) is 8.44. The van der Waals surface area contributed by atoms with Crippen molar-refractivity contribution >= 4 is 23.2 Å². The third kappa shape index (κ3) is 3.01. The molecular formula is C15H21Cl2N. The number of hydrogen-bond donors (Lipinski definition) is 1. The van der Waals surface area contributed by atoms with Crippen LogP contribution in [0.5, 0.6) is 0 Å². The van der Waals surface area contributed by atoms with Crippen molar-refractivity contribution in [2.75, 3.05) is 6.54 Å². The molecule has 1 N–H and O–H groups in total. The molecule has 1 nitrogen and oxygen atoms in total. The lowest BCUT2D eigenvalue weighted by atomic mass is 9.92. The lowest BCUT2D eigenvalue weighted by Gasteiger charge is -2.23. The van der Waals surface area contributed by atoms with Gasteiger partial charge in [-0.1, -0.05) is 43.1 Å². The normalized spacial score (nSPS) is 19.0. The summed E-state index contributed by atoms with van der Waals surface area (Å²) >= 11 is 12.0. The van der Waals surface area contributed by atoms with Crippen LogP contribution in [0, 0.1) is 11.3 Å². The average molecular weight is 286 g/mol. The Bertz CT molecular complexity index is 425. The average Bonchev–Trinajstić information content (AvgIpc) is 3.11. The molecule has 0 saturated heterocycles. The van der Waals surface area contributed by atoms with Gasteiger partial charge in [-0.3, -0.25) is 0 Å². The van der Waals surface area contributed by atoms with Crippen LogP contribution in [-0.4, -0.2) is 6.54 Å². The van der Waals surface area contributed by atoms with Crippen LogP contribution in [0.1, 0.15) is 45.2 Å². The predicted octanol–water partition coefficient (Wildman–Crippen LogP) is 5.08. The van der Waals surface area contributed by atoms with Crippen LogP contribution >= 0.6 is 23.2 Å². The molecule has 1 saturated carbocycles. The quantitative estimate of drug-likeness (QED) is 0.796. The molecule has 1 aliphatic rings. The van der Waals surface area contributed by atoms with Crippen molar-refractivity contribution in [3.63, 3.8) is 0 Å². The summed E-state index contributed by atoms with van der Waals surface area (Å²) in [6, 6.07) is 6.18. The van der Waals surface area contributed by atoms with Gasteiger partial charge in [-0.05, 0) is 48.8 Å². The first kappa shape index (κ1) is 14.2. The lowest BCUT2D eigenvalue weighted by Crippen LogP contribution is -2.29. The van der Waals surface area contributed by atoms with Crippen LogP contribution in [0.4, 0.5) is 0 Å². The van der Waals surface area contributed by atoms with Crippen LogP contribution in [0.15, 0.2) is 18.2 Å². The Kier molecular flexibility index (Phi) is 4.25. The highest BCUT2D eigenvalue weighted by Gasteiger charge is 2.44.